The Labute approximate surface area is 95.8 Å². The third kappa shape index (κ3) is 13.9. The molecule has 0 unspecified atom stereocenters. The van der Waals surface area contributed by atoms with Crippen molar-refractivity contribution in [2.45, 2.75) is 25.7 Å². The first-order valence-electron chi connectivity index (χ1n) is 6.13. The Morgan fingerprint density at radius 3 is 1.80 bits per heavy atom. The molecule has 1 N–H and O–H groups in total. The summed E-state index contributed by atoms with van der Waals surface area (Å²) < 4.78 is 0. The minimum Gasteiger partial charge on any atom is -0.317 e. The van der Waals surface area contributed by atoms with Crippen LogP contribution in [-0.4, -0.2) is 64.2 Å². The molecule has 0 radical (unpaired) electrons. The maximum atomic E-state index is 3.49. The topological polar surface area (TPSA) is 18.5 Å². The van der Waals surface area contributed by atoms with Crippen LogP contribution in [0.1, 0.15) is 25.7 Å². The van der Waals surface area contributed by atoms with Crippen LogP contribution in [0.25, 0.3) is 0 Å². The van der Waals surface area contributed by atoms with Gasteiger partial charge in [0.2, 0.25) is 0 Å². The molecule has 0 aliphatic rings. The lowest BCUT2D eigenvalue weighted by Gasteiger charge is -2.10. The second-order valence-corrected chi connectivity index (χ2v) is 4.77. The van der Waals surface area contributed by atoms with Gasteiger partial charge in [0.25, 0.3) is 0 Å². The van der Waals surface area contributed by atoms with E-state index in [1.807, 2.05) is 0 Å². The minimum atomic E-state index is 1.16. The van der Waals surface area contributed by atoms with Gasteiger partial charge >= 0.3 is 0 Å². The van der Waals surface area contributed by atoms with Gasteiger partial charge in [-0.25, -0.2) is 0 Å². The van der Waals surface area contributed by atoms with Gasteiger partial charge in [-0.1, -0.05) is 6.42 Å². The molecular formula is C12H29N3. The second kappa shape index (κ2) is 10.4. The molecule has 92 valence electrons. The lowest BCUT2D eigenvalue weighted by molar-refractivity contribution is 0.385. The smallest absolute Gasteiger partial charge is 0.00127 e. The third-order valence-electron chi connectivity index (χ3n) is 2.42. The summed E-state index contributed by atoms with van der Waals surface area (Å²) in [4.78, 5) is 4.49. The summed E-state index contributed by atoms with van der Waals surface area (Å²) in [6.07, 6.45) is 5.24. The zero-order chi connectivity index (χ0) is 11.5. The lowest BCUT2D eigenvalue weighted by atomic mass is 10.2. The Hall–Kier alpha value is -0.120. The number of rotatable bonds is 10. The van der Waals surface area contributed by atoms with Crippen molar-refractivity contribution in [2.24, 2.45) is 0 Å². The summed E-state index contributed by atoms with van der Waals surface area (Å²) in [7, 11) is 8.53. The van der Waals surface area contributed by atoms with Crippen LogP contribution in [0.15, 0.2) is 0 Å². The number of unbranched alkanes of at least 4 members (excludes halogenated alkanes) is 2. The van der Waals surface area contributed by atoms with Gasteiger partial charge in [0.05, 0.1) is 0 Å². The largest absolute Gasteiger partial charge is 0.317 e. The molecule has 3 heteroatoms. The number of nitrogens with zero attached hydrogens (tertiary/aromatic N) is 2. The van der Waals surface area contributed by atoms with Crippen molar-refractivity contribution in [2.75, 3.05) is 54.4 Å². The Balaban J connectivity index is 2.93. The van der Waals surface area contributed by atoms with Gasteiger partial charge in [0.1, 0.15) is 0 Å². The van der Waals surface area contributed by atoms with E-state index in [9.17, 15) is 0 Å². The molecule has 0 bridgehead atoms. The standard InChI is InChI=1S/C12H29N3/c1-14(2)11-7-5-6-9-13-10-8-12-15(3)4/h13H,5-12H2,1-4H3. The van der Waals surface area contributed by atoms with E-state index in [0.717, 1.165) is 6.54 Å². The predicted molar refractivity (Wildman–Crippen MR) is 68.4 cm³/mol. The molecule has 0 aromatic carbocycles. The molecule has 0 rings (SSSR count). The van der Waals surface area contributed by atoms with E-state index in [1.165, 1.54) is 45.3 Å². The Morgan fingerprint density at radius 1 is 0.667 bits per heavy atom. The molecule has 0 spiro atoms. The normalized spacial score (nSPS) is 11.6. The summed E-state index contributed by atoms with van der Waals surface area (Å²) in [5.74, 6) is 0. The Morgan fingerprint density at radius 2 is 1.20 bits per heavy atom. The summed E-state index contributed by atoms with van der Waals surface area (Å²) in [5, 5.41) is 3.49. The molecule has 15 heavy (non-hydrogen) atoms. The Kier molecular flexibility index (Phi) is 10.3. The highest BCUT2D eigenvalue weighted by atomic mass is 15.1. The van der Waals surface area contributed by atoms with E-state index >= 15 is 0 Å². The summed E-state index contributed by atoms with van der Waals surface area (Å²) in [5.41, 5.74) is 0. The fourth-order valence-corrected chi connectivity index (χ4v) is 1.50. The van der Waals surface area contributed by atoms with Gasteiger partial charge in [0, 0.05) is 0 Å². The van der Waals surface area contributed by atoms with Crippen molar-refractivity contribution >= 4 is 0 Å². The highest BCUT2D eigenvalue weighted by Crippen LogP contribution is 1.94. The molecular weight excluding hydrogens is 186 g/mol. The number of hydrogen-bond acceptors (Lipinski definition) is 3. The zero-order valence-corrected chi connectivity index (χ0v) is 11.1. The van der Waals surface area contributed by atoms with E-state index < -0.39 is 0 Å². The van der Waals surface area contributed by atoms with Crippen LogP contribution in [0.3, 0.4) is 0 Å². The van der Waals surface area contributed by atoms with Crippen molar-refractivity contribution in [1.82, 2.24) is 15.1 Å². The zero-order valence-electron chi connectivity index (χ0n) is 11.1. The van der Waals surface area contributed by atoms with Crippen LogP contribution in [-0.2, 0) is 0 Å². The number of nitrogens with one attached hydrogen (secondary N) is 1. The van der Waals surface area contributed by atoms with Crippen LogP contribution in [0.4, 0.5) is 0 Å². The molecule has 0 heterocycles. The van der Waals surface area contributed by atoms with Crippen LogP contribution in [0.5, 0.6) is 0 Å². The molecule has 0 amide bonds. The van der Waals surface area contributed by atoms with Gasteiger partial charge in [-0.3, -0.25) is 0 Å². The lowest BCUT2D eigenvalue weighted by Crippen LogP contribution is -2.22. The molecule has 0 atom stereocenters. The highest BCUT2D eigenvalue weighted by molar-refractivity contribution is 4.52. The van der Waals surface area contributed by atoms with Crippen molar-refractivity contribution in [1.29, 1.82) is 0 Å². The molecule has 0 saturated carbocycles. The quantitative estimate of drug-likeness (QED) is 0.554. The predicted octanol–water partition coefficient (Wildman–Crippen LogP) is 1.26. The first kappa shape index (κ1) is 14.9. The van der Waals surface area contributed by atoms with Gasteiger partial charge in [-0.15, -0.1) is 0 Å². The van der Waals surface area contributed by atoms with Crippen molar-refractivity contribution in [3.63, 3.8) is 0 Å². The maximum Gasteiger partial charge on any atom is -0.00127 e. The van der Waals surface area contributed by atoms with Gasteiger partial charge in [-0.2, -0.15) is 0 Å². The first-order valence-corrected chi connectivity index (χ1v) is 6.13. The van der Waals surface area contributed by atoms with Crippen LogP contribution >= 0.6 is 0 Å². The van der Waals surface area contributed by atoms with Crippen molar-refractivity contribution in [3.05, 3.63) is 0 Å². The van der Waals surface area contributed by atoms with E-state index in [2.05, 4.69) is 43.3 Å². The van der Waals surface area contributed by atoms with Gasteiger partial charge in [0.15, 0.2) is 0 Å². The molecule has 0 fully saturated rings. The Bertz CT molecular complexity index is 110. The average Bonchev–Trinajstić information content (AvgIpc) is 2.14. The average molecular weight is 215 g/mol. The van der Waals surface area contributed by atoms with E-state index in [1.54, 1.807) is 0 Å². The fourth-order valence-electron chi connectivity index (χ4n) is 1.50. The molecule has 0 aliphatic carbocycles. The third-order valence-corrected chi connectivity index (χ3v) is 2.42. The fraction of sp³-hybridized carbons (Fsp3) is 1.00. The maximum absolute atomic E-state index is 3.49. The first-order chi connectivity index (χ1) is 7.13. The van der Waals surface area contributed by atoms with Crippen LogP contribution in [0.2, 0.25) is 0 Å². The summed E-state index contributed by atoms with van der Waals surface area (Å²) in [6.45, 7) is 4.75. The molecule has 0 aliphatic heterocycles. The van der Waals surface area contributed by atoms with E-state index in [0.29, 0.717) is 0 Å². The molecule has 0 aromatic rings. The SMILES string of the molecule is CN(C)CCCCCNCCCN(C)C. The molecule has 3 nitrogen and oxygen atoms in total. The molecule has 0 aromatic heterocycles. The number of hydrogen-bond donors (Lipinski definition) is 1. The monoisotopic (exact) mass is 215 g/mol. The van der Waals surface area contributed by atoms with Crippen molar-refractivity contribution < 1.29 is 0 Å². The van der Waals surface area contributed by atoms with Crippen LogP contribution < -0.4 is 5.32 Å². The van der Waals surface area contributed by atoms with E-state index in [4.69, 9.17) is 0 Å². The van der Waals surface area contributed by atoms with E-state index in [-0.39, 0.29) is 0 Å². The van der Waals surface area contributed by atoms with Crippen LogP contribution in [0, 0.1) is 0 Å². The van der Waals surface area contributed by atoms with Crippen molar-refractivity contribution in [3.8, 4) is 0 Å². The molecule has 0 saturated heterocycles. The van der Waals surface area contributed by atoms with Gasteiger partial charge in [-0.05, 0) is 73.6 Å². The highest BCUT2D eigenvalue weighted by Gasteiger charge is 1.93. The van der Waals surface area contributed by atoms with Gasteiger partial charge < -0.3 is 15.1 Å². The summed E-state index contributed by atoms with van der Waals surface area (Å²) >= 11 is 0. The second-order valence-electron chi connectivity index (χ2n) is 4.77. The minimum absolute atomic E-state index is 1.16. The summed E-state index contributed by atoms with van der Waals surface area (Å²) in [6, 6.07) is 0.